The van der Waals surface area contributed by atoms with Gasteiger partial charge in [-0.15, -0.1) is 0 Å². The molecule has 0 unspecified atom stereocenters. The van der Waals surface area contributed by atoms with Crippen LogP contribution in [0, 0.1) is 0 Å². The molecule has 1 aliphatic rings. The number of hydrogen-bond donors (Lipinski definition) is 1. The van der Waals surface area contributed by atoms with Crippen molar-refractivity contribution in [2.45, 2.75) is 31.1 Å². The summed E-state index contributed by atoms with van der Waals surface area (Å²) in [6, 6.07) is 10.7. The SMILES string of the molecule is CCCCCNC(=O)CN1c2cccc3cccc(c23)S1(=O)=O. The van der Waals surface area contributed by atoms with E-state index < -0.39 is 10.0 Å². The predicted octanol–water partition coefficient (Wildman–Crippen LogP) is 2.65. The molecule has 0 bridgehead atoms. The van der Waals surface area contributed by atoms with E-state index in [1.165, 1.54) is 4.31 Å². The molecule has 1 aliphatic heterocycles. The summed E-state index contributed by atoms with van der Waals surface area (Å²) in [5, 5.41) is 4.37. The molecule has 6 heteroatoms. The number of sulfonamides is 1. The summed E-state index contributed by atoms with van der Waals surface area (Å²) in [4.78, 5) is 12.4. The van der Waals surface area contributed by atoms with E-state index in [2.05, 4.69) is 12.2 Å². The van der Waals surface area contributed by atoms with Gasteiger partial charge < -0.3 is 5.32 Å². The lowest BCUT2D eigenvalue weighted by Gasteiger charge is -2.18. The number of carbonyl (C=O) groups is 1. The van der Waals surface area contributed by atoms with Crippen molar-refractivity contribution in [2.24, 2.45) is 0 Å². The van der Waals surface area contributed by atoms with Crippen LogP contribution in [0.2, 0.25) is 0 Å². The molecule has 0 saturated carbocycles. The van der Waals surface area contributed by atoms with E-state index in [-0.39, 0.29) is 17.3 Å². The van der Waals surface area contributed by atoms with Crippen LogP contribution in [-0.4, -0.2) is 27.4 Å². The first-order valence-electron chi connectivity index (χ1n) is 7.87. The summed E-state index contributed by atoms with van der Waals surface area (Å²) in [6.07, 6.45) is 3.03. The smallest absolute Gasteiger partial charge is 0.265 e. The molecule has 1 amide bonds. The third-order valence-electron chi connectivity index (χ3n) is 4.07. The van der Waals surface area contributed by atoms with E-state index in [0.29, 0.717) is 17.6 Å². The Morgan fingerprint density at radius 2 is 1.87 bits per heavy atom. The average molecular weight is 332 g/mol. The van der Waals surface area contributed by atoms with Crippen molar-refractivity contribution in [1.82, 2.24) is 5.32 Å². The number of benzene rings is 2. The summed E-state index contributed by atoms with van der Waals surface area (Å²) >= 11 is 0. The Bertz CT molecular complexity index is 841. The van der Waals surface area contributed by atoms with Gasteiger partial charge in [-0.2, -0.15) is 0 Å². The lowest BCUT2D eigenvalue weighted by Crippen LogP contribution is -2.39. The molecule has 2 aromatic rings. The molecule has 0 fully saturated rings. The third kappa shape index (κ3) is 2.79. The van der Waals surface area contributed by atoms with Crippen LogP contribution in [-0.2, 0) is 14.8 Å². The lowest BCUT2D eigenvalue weighted by atomic mass is 10.1. The lowest BCUT2D eigenvalue weighted by molar-refractivity contribution is -0.119. The van der Waals surface area contributed by atoms with Crippen molar-refractivity contribution in [1.29, 1.82) is 0 Å². The van der Waals surface area contributed by atoms with E-state index in [4.69, 9.17) is 0 Å². The van der Waals surface area contributed by atoms with Gasteiger partial charge in [-0.05, 0) is 23.9 Å². The number of hydrogen-bond acceptors (Lipinski definition) is 3. The van der Waals surface area contributed by atoms with Crippen LogP contribution >= 0.6 is 0 Å². The summed E-state index contributed by atoms with van der Waals surface area (Å²) < 4.78 is 26.7. The van der Waals surface area contributed by atoms with Gasteiger partial charge >= 0.3 is 0 Å². The van der Waals surface area contributed by atoms with Crippen molar-refractivity contribution in [3.05, 3.63) is 36.4 Å². The minimum absolute atomic E-state index is 0.178. The second kappa shape index (κ2) is 6.20. The summed E-state index contributed by atoms with van der Waals surface area (Å²) in [5.74, 6) is -0.269. The van der Waals surface area contributed by atoms with Crippen LogP contribution < -0.4 is 9.62 Å². The van der Waals surface area contributed by atoms with E-state index in [0.717, 1.165) is 24.6 Å². The molecule has 0 radical (unpaired) electrons. The molecule has 0 aromatic heterocycles. The molecule has 23 heavy (non-hydrogen) atoms. The predicted molar refractivity (Wildman–Crippen MR) is 91.0 cm³/mol. The Balaban J connectivity index is 1.85. The fraction of sp³-hybridized carbons (Fsp3) is 0.353. The zero-order chi connectivity index (χ0) is 16.4. The van der Waals surface area contributed by atoms with Crippen molar-refractivity contribution < 1.29 is 13.2 Å². The summed E-state index contributed by atoms with van der Waals surface area (Å²) in [6.45, 7) is 2.50. The number of unbranched alkanes of at least 4 members (excludes halogenated alkanes) is 2. The van der Waals surface area contributed by atoms with Gasteiger partial charge in [0.25, 0.3) is 10.0 Å². The van der Waals surface area contributed by atoms with Crippen LogP contribution in [0.4, 0.5) is 5.69 Å². The highest BCUT2D eigenvalue weighted by Gasteiger charge is 2.36. The molecule has 3 rings (SSSR count). The molecule has 0 saturated heterocycles. The molecule has 1 N–H and O–H groups in total. The van der Waals surface area contributed by atoms with Crippen LogP contribution in [0.5, 0.6) is 0 Å². The third-order valence-corrected chi connectivity index (χ3v) is 5.87. The normalized spacial score (nSPS) is 15.1. The maximum absolute atomic E-state index is 12.7. The van der Waals surface area contributed by atoms with Crippen LogP contribution in [0.1, 0.15) is 26.2 Å². The minimum atomic E-state index is -3.66. The Morgan fingerprint density at radius 1 is 1.13 bits per heavy atom. The van der Waals surface area contributed by atoms with Crippen LogP contribution in [0.25, 0.3) is 10.8 Å². The van der Waals surface area contributed by atoms with Crippen molar-refractivity contribution >= 4 is 32.4 Å². The molecule has 2 aromatic carbocycles. The standard InChI is InChI=1S/C17H20N2O3S/c1-2-3-4-11-18-16(20)12-19-14-9-5-7-13-8-6-10-15(17(13)14)23(19,21)22/h5-10H,2-4,11-12H2,1H3,(H,18,20). The zero-order valence-electron chi connectivity index (χ0n) is 13.1. The zero-order valence-corrected chi connectivity index (χ0v) is 13.9. The monoisotopic (exact) mass is 332 g/mol. The first kappa shape index (κ1) is 15.8. The molecular formula is C17H20N2O3S. The van der Waals surface area contributed by atoms with Gasteiger partial charge in [-0.25, -0.2) is 8.42 Å². The molecule has 0 atom stereocenters. The quantitative estimate of drug-likeness (QED) is 0.827. The highest BCUT2D eigenvalue weighted by atomic mass is 32.2. The fourth-order valence-electron chi connectivity index (χ4n) is 2.92. The first-order chi connectivity index (χ1) is 11.1. The topological polar surface area (TPSA) is 66.5 Å². The molecule has 122 valence electrons. The summed E-state index contributed by atoms with van der Waals surface area (Å²) in [7, 11) is -3.66. The van der Waals surface area contributed by atoms with Crippen molar-refractivity contribution in [3.8, 4) is 0 Å². The maximum Gasteiger partial charge on any atom is 0.265 e. The number of carbonyl (C=O) groups excluding carboxylic acids is 1. The van der Waals surface area contributed by atoms with Gasteiger partial charge in [0.2, 0.25) is 5.91 Å². The van der Waals surface area contributed by atoms with Crippen LogP contribution in [0.3, 0.4) is 0 Å². The van der Waals surface area contributed by atoms with Crippen LogP contribution in [0.15, 0.2) is 41.3 Å². The Labute approximate surface area is 136 Å². The molecule has 1 heterocycles. The molecular weight excluding hydrogens is 312 g/mol. The van der Waals surface area contributed by atoms with Crippen molar-refractivity contribution in [3.63, 3.8) is 0 Å². The first-order valence-corrected chi connectivity index (χ1v) is 9.31. The van der Waals surface area contributed by atoms with Gasteiger partial charge in [-0.1, -0.05) is 44.0 Å². The number of rotatable bonds is 6. The Kier molecular flexibility index (Phi) is 4.26. The number of amides is 1. The highest BCUT2D eigenvalue weighted by molar-refractivity contribution is 7.93. The van der Waals surface area contributed by atoms with Gasteiger partial charge in [0.1, 0.15) is 6.54 Å². The van der Waals surface area contributed by atoms with Gasteiger partial charge in [0.05, 0.1) is 10.6 Å². The fourth-order valence-corrected chi connectivity index (χ4v) is 4.58. The number of nitrogens with zero attached hydrogens (tertiary/aromatic N) is 1. The summed E-state index contributed by atoms with van der Waals surface area (Å²) in [5.41, 5.74) is 0.585. The molecule has 5 nitrogen and oxygen atoms in total. The average Bonchev–Trinajstić information content (AvgIpc) is 2.75. The Hall–Kier alpha value is -2.08. The second-order valence-corrected chi connectivity index (χ2v) is 7.53. The Morgan fingerprint density at radius 3 is 2.61 bits per heavy atom. The number of nitrogens with one attached hydrogen (secondary N) is 1. The van der Waals surface area contributed by atoms with Gasteiger partial charge in [0.15, 0.2) is 0 Å². The maximum atomic E-state index is 12.7. The van der Waals surface area contributed by atoms with E-state index in [1.54, 1.807) is 18.2 Å². The minimum Gasteiger partial charge on any atom is -0.355 e. The van der Waals surface area contributed by atoms with Crippen molar-refractivity contribution in [2.75, 3.05) is 17.4 Å². The molecule has 0 aliphatic carbocycles. The second-order valence-electron chi connectivity index (χ2n) is 5.70. The van der Waals surface area contributed by atoms with Gasteiger partial charge in [-0.3, -0.25) is 9.10 Å². The highest BCUT2D eigenvalue weighted by Crippen LogP contribution is 2.41. The van der Waals surface area contributed by atoms with E-state index in [1.807, 2.05) is 18.2 Å². The largest absolute Gasteiger partial charge is 0.355 e. The van der Waals surface area contributed by atoms with E-state index >= 15 is 0 Å². The van der Waals surface area contributed by atoms with Gasteiger partial charge in [0, 0.05) is 11.9 Å². The molecule has 0 spiro atoms. The van der Waals surface area contributed by atoms with E-state index in [9.17, 15) is 13.2 Å². The number of anilines is 1.